The van der Waals surface area contributed by atoms with E-state index in [0.717, 1.165) is 5.56 Å². The summed E-state index contributed by atoms with van der Waals surface area (Å²) in [4.78, 5) is 18.0. The van der Waals surface area contributed by atoms with Gasteiger partial charge >= 0.3 is 0 Å². The normalized spacial score (nSPS) is 11.8. The number of nitrogens with one attached hydrogen (secondary N) is 1. The largest absolute Gasteiger partial charge is 0.382 e. The van der Waals surface area contributed by atoms with Gasteiger partial charge in [0, 0.05) is 5.56 Å². The molecule has 18 heavy (non-hydrogen) atoms. The molecule has 0 fully saturated rings. The van der Waals surface area contributed by atoms with Crippen LogP contribution in [0.25, 0.3) is 12.7 Å². The Balaban J connectivity index is 2.72. The van der Waals surface area contributed by atoms with Gasteiger partial charge in [-0.3, -0.25) is 4.79 Å². The molecule has 0 aliphatic carbocycles. The molecule has 0 saturated heterocycles. The van der Waals surface area contributed by atoms with Crippen molar-refractivity contribution in [2.75, 3.05) is 5.73 Å². The van der Waals surface area contributed by atoms with E-state index in [9.17, 15) is 9.18 Å². The fourth-order valence-corrected chi connectivity index (χ4v) is 1.53. The van der Waals surface area contributed by atoms with E-state index in [1.807, 2.05) is 6.92 Å². The van der Waals surface area contributed by atoms with Crippen LogP contribution >= 0.6 is 0 Å². The van der Waals surface area contributed by atoms with Gasteiger partial charge in [-0.1, -0.05) is 18.2 Å². The Morgan fingerprint density at radius 1 is 1.50 bits per heavy atom. The zero-order valence-corrected chi connectivity index (χ0v) is 9.83. The van der Waals surface area contributed by atoms with Crippen LogP contribution < -0.4 is 22.0 Å². The van der Waals surface area contributed by atoms with E-state index in [1.165, 1.54) is 12.1 Å². The molecule has 4 nitrogen and oxygen atoms in total. The fourth-order valence-electron chi connectivity index (χ4n) is 1.53. The van der Waals surface area contributed by atoms with Gasteiger partial charge < -0.3 is 10.7 Å². The van der Waals surface area contributed by atoms with Crippen LogP contribution in [0.2, 0.25) is 0 Å². The van der Waals surface area contributed by atoms with Crippen LogP contribution in [0.5, 0.6) is 0 Å². The lowest BCUT2D eigenvalue weighted by Gasteiger charge is -1.98. The lowest BCUT2D eigenvalue weighted by Crippen LogP contribution is -2.37. The summed E-state index contributed by atoms with van der Waals surface area (Å²) in [6.07, 6.45) is 1.36. The summed E-state index contributed by atoms with van der Waals surface area (Å²) in [5.74, 6) is -0.298. The average molecular weight is 245 g/mol. The van der Waals surface area contributed by atoms with Crippen molar-refractivity contribution < 1.29 is 4.39 Å². The summed E-state index contributed by atoms with van der Waals surface area (Å²) in [5, 5.41) is 0.311. The summed E-state index contributed by atoms with van der Waals surface area (Å²) in [6.45, 7) is 5.36. The van der Waals surface area contributed by atoms with Crippen LogP contribution in [-0.2, 0) is 0 Å². The molecule has 1 aromatic heterocycles. The van der Waals surface area contributed by atoms with E-state index < -0.39 is 11.4 Å². The highest BCUT2D eigenvalue weighted by Gasteiger charge is 2.01. The minimum absolute atomic E-state index is 0.0596. The van der Waals surface area contributed by atoms with Crippen molar-refractivity contribution in [2.45, 2.75) is 6.92 Å². The summed E-state index contributed by atoms with van der Waals surface area (Å²) >= 11 is 0. The molecular weight excluding hydrogens is 233 g/mol. The van der Waals surface area contributed by atoms with Gasteiger partial charge in [-0.05, 0) is 25.1 Å². The quantitative estimate of drug-likeness (QED) is 0.745. The number of H-pyrrole nitrogens is 1. The number of nitrogen functional groups attached to an aromatic ring is 1. The van der Waals surface area contributed by atoms with Crippen molar-refractivity contribution in [3.63, 3.8) is 0 Å². The molecule has 0 spiro atoms. The molecule has 0 amide bonds. The molecule has 0 aliphatic heterocycles. The molecule has 92 valence electrons. The van der Waals surface area contributed by atoms with Gasteiger partial charge in [-0.15, -0.1) is 0 Å². The van der Waals surface area contributed by atoms with Gasteiger partial charge in [0.25, 0.3) is 5.56 Å². The van der Waals surface area contributed by atoms with Gasteiger partial charge in [0.05, 0.1) is 5.35 Å². The van der Waals surface area contributed by atoms with Crippen molar-refractivity contribution in [3.05, 3.63) is 56.2 Å². The molecule has 3 N–H and O–H groups in total. The van der Waals surface area contributed by atoms with Crippen LogP contribution in [0.4, 0.5) is 10.2 Å². The number of rotatable bonds is 1. The van der Waals surface area contributed by atoms with E-state index in [-0.39, 0.29) is 16.5 Å². The topological polar surface area (TPSA) is 71.8 Å². The van der Waals surface area contributed by atoms with Gasteiger partial charge in [0.1, 0.15) is 17.0 Å². The van der Waals surface area contributed by atoms with Crippen LogP contribution in [0.15, 0.2) is 23.0 Å². The molecule has 0 unspecified atom stereocenters. The number of hydrogen-bond acceptors (Lipinski definition) is 3. The molecule has 2 rings (SSSR count). The van der Waals surface area contributed by atoms with E-state index in [1.54, 1.807) is 12.1 Å². The Labute approximate surface area is 102 Å². The number of nitrogens with two attached hydrogens (primary N) is 1. The summed E-state index contributed by atoms with van der Waals surface area (Å²) in [6, 6.07) is 4.62. The van der Waals surface area contributed by atoms with E-state index >= 15 is 0 Å². The molecule has 5 heteroatoms. The van der Waals surface area contributed by atoms with E-state index in [4.69, 9.17) is 5.73 Å². The van der Waals surface area contributed by atoms with Crippen LogP contribution in [-0.4, -0.2) is 9.97 Å². The summed E-state index contributed by atoms with van der Waals surface area (Å²) in [5.41, 5.74) is 6.29. The van der Waals surface area contributed by atoms with Gasteiger partial charge in [0.2, 0.25) is 0 Å². The molecule has 1 aromatic carbocycles. The van der Waals surface area contributed by atoms with Crippen molar-refractivity contribution >= 4 is 18.5 Å². The molecule has 0 saturated carbocycles. The van der Waals surface area contributed by atoms with Crippen molar-refractivity contribution in [1.82, 2.24) is 9.97 Å². The maximum absolute atomic E-state index is 13.6. The highest BCUT2D eigenvalue weighted by atomic mass is 19.1. The third-order valence-electron chi connectivity index (χ3n) is 2.49. The third kappa shape index (κ3) is 2.29. The number of aryl methyl sites for hydroxylation is 1. The summed E-state index contributed by atoms with van der Waals surface area (Å²) in [7, 11) is 0. The second-order valence-electron chi connectivity index (χ2n) is 3.98. The van der Waals surface area contributed by atoms with Crippen LogP contribution in [0, 0.1) is 12.7 Å². The second kappa shape index (κ2) is 4.44. The predicted molar refractivity (Wildman–Crippen MR) is 68.7 cm³/mol. The maximum atomic E-state index is 13.6. The smallest absolute Gasteiger partial charge is 0.274 e. The lowest BCUT2D eigenvalue weighted by molar-refractivity contribution is 0.624. The molecule has 0 atom stereocenters. The molecular formula is C13H12FN3O. The first-order valence-electron chi connectivity index (χ1n) is 5.30. The Morgan fingerprint density at radius 2 is 2.22 bits per heavy atom. The first-order chi connectivity index (χ1) is 8.47. The Bertz CT molecular complexity index is 765. The minimum atomic E-state index is -0.449. The number of hydrogen-bond donors (Lipinski definition) is 2. The van der Waals surface area contributed by atoms with Gasteiger partial charge in [-0.25, -0.2) is 9.37 Å². The molecule has 1 heterocycles. The van der Waals surface area contributed by atoms with E-state index in [0.29, 0.717) is 5.56 Å². The zero-order valence-electron chi connectivity index (χ0n) is 9.83. The Kier molecular flexibility index (Phi) is 2.97. The predicted octanol–water partition coefficient (Wildman–Crippen LogP) is 0.0387. The van der Waals surface area contributed by atoms with Crippen LogP contribution in [0.3, 0.4) is 0 Å². The number of aromatic nitrogens is 2. The highest BCUT2D eigenvalue weighted by molar-refractivity contribution is 5.50. The van der Waals surface area contributed by atoms with Gasteiger partial charge in [0.15, 0.2) is 0 Å². The third-order valence-corrected chi connectivity index (χ3v) is 2.49. The SMILES string of the molecule is C=c1[nH]c(=O)/c(=C/c2cc(C)ccc2F)nc1N. The fraction of sp³-hybridized carbons (Fsp3) is 0.0769. The standard InChI is InChI=1S/C13H12FN3O/c1-7-3-4-10(14)9(5-7)6-11-13(18)16-8(2)12(15)17-11/h3-6H,2H2,1H3,(H2,15,17)(H,16,18)/b11-6-. The number of benzene rings is 1. The molecule has 2 aromatic rings. The molecule has 0 bridgehead atoms. The first kappa shape index (κ1) is 12.0. The van der Waals surface area contributed by atoms with E-state index in [2.05, 4.69) is 16.5 Å². The zero-order chi connectivity index (χ0) is 13.3. The maximum Gasteiger partial charge on any atom is 0.274 e. The van der Waals surface area contributed by atoms with Gasteiger partial charge in [-0.2, -0.15) is 0 Å². The minimum Gasteiger partial charge on any atom is -0.382 e. The number of nitrogens with zero attached hydrogens (tertiary/aromatic N) is 1. The second-order valence-corrected chi connectivity index (χ2v) is 3.98. The lowest BCUT2D eigenvalue weighted by atomic mass is 10.1. The number of aromatic amines is 1. The van der Waals surface area contributed by atoms with Crippen molar-refractivity contribution in [1.29, 1.82) is 0 Å². The van der Waals surface area contributed by atoms with Crippen molar-refractivity contribution in [2.24, 2.45) is 0 Å². The Morgan fingerprint density at radius 3 is 2.94 bits per heavy atom. The number of anilines is 1. The molecule has 0 radical (unpaired) electrons. The monoisotopic (exact) mass is 245 g/mol. The van der Waals surface area contributed by atoms with Crippen molar-refractivity contribution in [3.8, 4) is 0 Å². The highest BCUT2D eigenvalue weighted by Crippen LogP contribution is 2.09. The summed E-state index contributed by atoms with van der Waals surface area (Å²) < 4.78 is 13.6. The Hall–Kier alpha value is -2.43. The average Bonchev–Trinajstić information content (AvgIpc) is 2.30. The first-order valence-corrected chi connectivity index (χ1v) is 5.30. The van der Waals surface area contributed by atoms with Crippen LogP contribution in [0.1, 0.15) is 11.1 Å². The number of halogens is 1. The molecule has 0 aliphatic rings.